The Morgan fingerprint density at radius 1 is 0.950 bits per heavy atom. The van der Waals surface area contributed by atoms with Gasteiger partial charge in [-0.1, -0.05) is 41.7 Å². The lowest BCUT2D eigenvalue weighted by atomic mass is 10.3. The van der Waals surface area contributed by atoms with Crippen LogP contribution in [-0.2, 0) is 0 Å². The van der Waals surface area contributed by atoms with Crippen LogP contribution >= 0.6 is 23.5 Å². The molecule has 2 aromatic rings. The number of rotatable bonds is 4. The van der Waals surface area contributed by atoms with Gasteiger partial charge in [-0.05, 0) is 24.6 Å². The summed E-state index contributed by atoms with van der Waals surface area (Å²) in [4.78, 5) is 24.3. The molecule has 0 saturated heterocycles. The first-order chi connectivity index (χ1) is 9.71. The van der Waals surface area contributed by atoms with E-state index in [2.05, 4.69) is 25.6 Å². The van der Waals surface area contributed by atoms with Crippen molar-refractivity contribution in [2.75, 3.05) is 23.1 Å². The van der Waals surface area contributed by atoms with Crippen LogP contribution in [0.5, 0.6) is 0 Å². The molecule has 1 heterocycles. The molecule has 0 spiro atoms. The van der Waals surface area contributed by atoms with Gasteiger partial charge in [0.2, 0.25) is 5.95 Å². The summed E-state index contributed by atoms with van der Waals surface area (Å²) in [6, 6.07) is 8.78. The molecule has 0 aliphatic carbocycles. The molecule has 0 aliphatic heterocycles. The lowest BCUT2D eigenvalue weighted by molar-refractivity contribution is 0.262. The average molecular weight is 307 g/mol. The molecule has 0 bridgehead atoms. The van der Waals surface area contributed by atoms with Crippen LogP contribution in [0.1, 0.15) is 0 Å². The van der Waals surface area contributed by atoms with Gasteiger partial charge in [0.25, 0.3) is 0 Å². The fourth-order valence-electron chi connectivity index (χ4n) is 1.36. The van der Waals surface area contributed by atoms with E-state index >= 15 is 0 Å². The molecule has 0 atom stereocenters. The standard InChI is InChI=1S/C12H13N5OS2/c1-19-11-15-9(16-12(17-11)20-2)14-10(18)13-8-6-4-3-5-7-8/h3-7H,1-2H3,(H2,13,14,15,16,17,18). The average Bonchev–Trinajstić information content (AvgIpc) is 2.47. The molecule has 1 aromatic heterocycles. The first-order valence-corrected chi connectivity index (χ1v) is 8.13. The van der Waals surface area contributed by atoms with Crippen LogP contribution < -0.4 is 10.6 Å². The SMILES string of the molecule is CSc1nc(NC(=O)Nc2ccccc2)nc(SC)n1. The number of carbonyl (C=O) groups excluding carboxylic acids is 1. The van der Waals surface area contributed by atoms with Crippen molar-refractivity contribution in [3.05, 3.63) is 30.3 Å². The Hall–Kier alpha value is -1.80. The molecular weight excluding hydrogens is 294 g/mol. The molecule has 20 heavy (non-hydrogen) atoms. The Balaban J connectivity index is 2.07. The van der Waals surface area contributed by atoms with Gasteiger partial charge in [-0.25, -0.2) is 4.79 Å². The van der Waals surface area contributed by atoms with E-state index in [1.807, 2.05) is 30.7 Å². The molecule has 0 radical (unpaired) electrons. The van der Waals surface area contributed by atoms with Crippen molar-refractivity contribution in [2.45, 2.75) is 10.3 Å². The van der Waals surface area contributed by atoms with Crippen LogP contribution in [-0.4, -0.2) is 33.5 Å². The topological polar surface area (TPSA) is 79.8 Å². The molecule has 2 amide bonds. The lowest BCUT2D eigenvalue weighted by Crippen LogP contribution is -2.21. The number of nitrogens with one attached hydrogen (secondary N) is 2. The minimum absolute atomic E-state index is 0.238. The summed E-state index contributed by atoms with van der Waals surface area (Å²) in [5, 5.41) is 6.44. The second-order valence-corrected chi connectivity index (χ2v) is 5.12. The Labute approximate surface area is 125 Å². The van der Waals surface area contributed by atoms with E-state index in [1.54, 1.807) is 12.1 Å². The number of nitrogens with zero attached hydrogens (tertiary/aromatic N) is 3. The van der Waals surface area contributed by atoms with Gasteiger partial charge in [0.15, 0.2) is 10.3 Å². The van der Waals surface area contributed by atoms with Crippen molar-refractivity contribution in [3.8, 4) is 0 Å². The summed E-state index contributed by atoms with van der Waals surface area (Å²) < 4.78 is 0. The minimum atomic E-state index is -0.387. The number of anilines is 2. The highest BCUT2D eigenvalue weighted by atomic mass is 32.2. The normalized spacial score (nSPS) is 10.1. The predicted octanol–water partition coefficient (Wildman–Crippen LogP) is 2.96. The third kappa shape index (κ3) is 4.10. The number of urea groups is 1. The number of carbonyl (C=O) groups is 1. The molecule has 1 aromatic carbocycles. The van der Waals surface area contributed by atoms with Crippen LogP contribution in [0.4, 0.5) is 16.4 Å². The summed E-state index contributed by atoms with van der Waals surface area (Å²) >= 11 is 2.79. The minimum Gasteiger partial charge on any atom is -0.308 e. The highest BCUT2D eigenvalue weighted by Gasteiger charge is 2.08. The summed E-state index contributed by atoms with van der Waals surface area (Å²) in [5.74, 6) is 0.238. The Morgan fingerprint density at radius 3 is 2.10 bits per heavy atom. The summed E-state index contributed by atoms with van der Waals surface area (Å²) in [6.45, 7) is 0. The van der Waals surface area contributed by atoms with Crippen molar-refractivity contribution in [2.24, 2.45) is 0 Å². The van der Waals surface area contributed by atoms with E-state index in [0.717, 1.165) is 0 Å². The van der Waals surface area contributed by atoms with Gasteiger partial charge in [-0.3, -0.25) is 5.32 Å². The van der Waals surface area contributed by atoms with Gasteiger partial charge < -0.3 is 5.32 Å². The Bertz CT molecular complexity index is 571. The highest BCUT2D eigenvalue weighted by Crippen LogP contribution is 2.16. The first-order valence-electron chi connectivity index (χ1n) is 5.68. The Kier molecular flexibility index (Phi) is 5.19. The van der Waals surface area contributed by atoms with E-state index in [9.17, 15) is 4.79 Å². The fourth-order valence-corrected chi connectivity index (χ4v) is 2.13. The second kappa shape index (κ2) is 7.11. The largest absolute Gasteiger partial charge is 0.326 e. The molecule has 0 saturated carbocycles. The van der Waals surface area contributed by atoms with E-state index in [-0.39, 0.29) is 12.0 Å². The van der Waals surface area contributed by atoms with Crippen molar-refractivity contribution in [1.29, 1.82) is 0 Å². The molecular formula is C12H13N5OS2. The van der Waals surface area contributed by atoms with Crippen molar-refractivity contribution < 1.29 is 4.79 Å². The van der Waals surface area contributed by atoms with Crippen LogP contribution in [0.15, 0.2) is 40.6 Å². The second-order valence-electron chi connectivity index (χ2n) is 3.58. The zero-order valence-electron chi connectivity index (χ0n) is 11.0. The summed E-state index contributed by atoms with van der Waals surface area (Å²) in [7, 11) is 0. The molecule has 2 rings (SSSR count). The van der Waals surface area contributed by atoms with Crippen molar-refractivity contribution in [3.63, 3.8) is 0 Å². The molecule has 0 fully saturated rings. The third-order valence-electron chi connectivity index (χ3n) is 2.22. The number of benzene rings is 1. The van der Waals surface area contributed by atoms with Gasteiger partial charge >= 0.3 is 6.03 Å². The summed E-state index contributed by atoms with van der Waals surface area (Å²) in [5.41, 5.74) is 0.703. The van der Waals surface area contributed by atoms with E-state index in [4.69, 9.17) is 0 Å². The van der Waals surface area contributed by atoms with Crippen LogP contribution in [0.2, 0.25) is 0 Å². The maximum atomic E-state index is 11.8. The molecule has 2 N–H and O–H groups in total. The van der Waals surface area contributed by atoms with Crippen LogP contribution in [0.3, 0.4) is 0 Å². The Morgan fingerprint density at radius 2 is 1.55 bits per heavy atom. The predicted molar refractivity (Wildman–Crippen MR) is 82.5 cm³/mol. The molecule has 8 heteroatoms. The van der Waals surface area contributed by atoms with Crippen LogP contribution in [0.25, 0.3) is 0 Å². The van der Waals surface area contributed by atoms with Crippen LogP contribution in [0, 0.1) is 0 Å². The lowest BCUT2D eigenvalue weighted by Gasteiger charge is -2.07. The highest BCUT2D eigenvalue weighted by molar-refractivity contribution is 7.99. The number of hydrogen-bond donors (Lipinski definition) is 2. The quantitative estimate of drug-likeness (QED) is 0.845. The van der Waals surface area contributed by atoms with Gasteiger partial charge in [-0.15, -0.1) is 0 Å². The zero-order valence-corrected chi connectivity index (χ0v) is 12.6. The molecule has 0 aliphatic rings. The maximum absolute atomic E-state index is 11.8. The fraction of sp³-hybridized carbons (Fsp3) is 0.167. The van der Waals surface area contributed by atoms with Gasteiger partial charge in [0.1, 0.15) is 0 Å². The molecule has 0 unspecified atom stereocenters. The van der Waals surface area contributed by atoms with Gasteiger partial charge in [0, 0.05) is 5.69 Å². The van der Waals surface area contributed by atoms with Gasteiger partial charge in [0.05, 0.1) is 0 Å². The number of amides is 2. The van der Waals surface area contributed by atoms with E-state index in [1.165, 1.54) is 23.5 Å². The van der Waals surface area contributed by atoms with E-state index in [0.29, 0.717) is 16.0 Å². The molecule has 104 valence electrons. The smallest absolute Gasteiger partial charge is 0.308 e. The first kappa shape index (κ1) is 14.6. The third-order valence-corrected chi connectivity index (χ3v) is 3.31. The number of thioether (sulfide) groups is 2. The monoisotopic (exact) mass is 307 g/mol. The molecule has 6 nitrogen and oxygen atoms in total. The van der Waals surface area contributed by atoms with E-state index < -0.39 is 0 Å². The van der Waals surface area contributed by atoms with Gasteiger partial charge in [-0.2, -0.15) is 15.0 Å². The van der Waals surface area contributed by atoms with Crippen molar-refractivity contribution >= 4 is 41.2 Å². The zero-order chi connectivity index (χ0) is 14.4. The number of para-hydroxylation sites is 1. The van der Waals surface area contributed by atoms with Crippen molar-refractivity contribution in [1.82, 2.24) is 15.0 Å². The summed E-state index contributed by atoms with van der Waals surface area (Å²) in [6.07, 6.45) is 3.74. The number of aromatic nitrogens is 3. The number of hydrogen-bond acceptors (Lipinski definition) is 6. The maximum Gasteiger partial charge on any atom is 0.326 e.